The van der Waals surface area contributed by atoms with E-state index in [1.807, 2.05) is 41.8 Å². The summed E-state index contributed by atoms with van der Waals surface area (Å²) in [5.74, 6) is 0.721. The Labute approximate surface area is 137 Å². The summed E-state index contributed by atoms with van der Waals surface area (Å²) < 4.78 is 0. The van der Waals surface area contributed by atoms with Crippen LogP contribution in [-0.4, -0.2) is 59.1 Å². The molecular formula is C14H29N3O2S2. The fourth-order valence-electron chi connectivity index (χ4n) is 1.58. The normalized spacial score (nSPS) is 12.8. The van der Waals surface area contributed by atoms with Crippen molar-refractivity contribution in [2.24, 2.45) is 0 Å². The Bertz CT molecular complexity index is 323. The summed E-state index contributed by atoms with van der Waals surface area (Å²) in [5, 5.41) is 5.95. The number of nitrogens with one attached hydrogen (secondary N) is 2. The molecular weight excluding hydrogens is 306 g/mol. The van der Waals surface area contributed by atoms with E-state index in [0.717, 1.165) is 18.7 Å². The zero-order valence-electron chi connectivity index (χ0n) is 13.9. The first-order chi connectivity index (χ1) is 9.70. The van der Waals surface area contributed by atoms with E-state index in [1.165, 1.54) is 23.5 Å². The van der Waals surface area contributed by atoms with Crippen molar-refractivity contribution in [3.05, 3.63) is 0 Å². The standard InChI is InChI=1S/C14H29N3O2S2/c1-10(2)15-13(18)20-8-7-12(9-17(5)6)21-14(19)16-11(3)4/h10-12H,7-9H2,1-6H3,(H,15,18)(H,16,19). The molecule has 0 radical (unpaired) electrons. The maximum atomic E-state index is 11.8. The zero-order valence-corrected chi connectivity index (χ0v) is 15.6. The quantitative estimate of drug-likeness (QED) is 0.714. The number of rotatable bonds is 8. The van der Waals surface area contributed by atoms with Crippen LogP contribution in [0.4, 0.5) is 9.59 Å². The number of carbonyl (C=O) groups excluding carboxylic acids is 2. The molecule has 0 rings (SSSR count). The molecule has 7 heteroatoms. The van der Waals surface area contributed by atoms with Crippen LogP contribution in [0.15, 0.2) is 0 Å². The van der Waals surface area contributed by atoms with Gasteiger partial charge < -0.3 is 15.5 Å². The Balaban J connectivity index is 4.18. The summed E-state index contributed by atoms with van der Waals surface area (Å²) in [6.07, 6.45) is 0.824. The third-order valence-electron chi connectivity index (χ3n) is 2.33. The molecule has 2 amide bonds. The largest absolute Gasteiger partial charge is 0.345 e. The monoisotopic (exact) mass is 335 g/mol. The summed E-state index contributed by atoms with van der Waals surface area (Å²) in [6.45, 7) is 8.61. The Morgan fingerprint density at radius 2 is 1.52 bits per heavy atom. The third-order valence-corrected chi connectivity index (χ3v) is 4.20. The summed E-state index contributed by atoms with van der Waals surface area (Å²) >= 11 is 2.62. The highest BCUT2D eigenvalue weighted by atomic mass is 32.2. The van der Waals surface area contributed by atoms with E-state index in [1.54, 1.807) is 0 Å². The van der Waals surface area contributed by atoms with Crippen LogP contribution in [0.2, 0.25) is 0 Å². The van der Waals surface area contributed by atoms with Gasteiger partial charge in [0, 0.05) is 29.6 Å². The van der Waals surface area contributed by atoms with Crippen molar-refractivity contribution in [1.82, 2.24) is 15.5 Å². The van der Waals surface area contributed by atoms with Crippen LogP contribution in [0, 0.1) is 0 Å². The maximum absolute atomic E-state index is 11.8. The van der Waals surface area contributed by atoms with Crippen molar-refractivity contribution < 1.29 is 9.59 Å². The predicted molar refractivity (Wildman–Crippen MR) is 94.3 cm³/mol. The average Bonchev–Trinajstić information content (AvgIpc) is 2.24. The minimum absolute atomic E-state index is 0.00485. The highest BCUT2D eigenvalue weighted by molar-refractivity contribution is 8.14. The highest BCUT2D eigenvalue weighted by Gasteiger charge is 2.17. The van der Waals surface area contributed by atoms with Crippen molar-refractivity contribution in [1.29, 1.82) is 0 Å². The number of thioether (sulfide) groups is 2. The van der Waals surface area contributed by atoms with Gasteiger partial charge in [0.1, 0.15) is 0 Å². The molecule has 0 fully saturated rings. The van der Waals surface area contributed by atoms with Crippen LogP contribution in [0.1, 0.15) is 34.1 Å². The first kappa shape index (κ1) is 20.6. The molecule has 21 heavy (non-hydrogen) atoms. The van der Waals surface area contributed by atoms with Crippen LogP contribution in [-0.2, 0) is 0 Å². The number of nitrogens with zero attached hydrogens (tertiary/aromatic N) is 1. The smallest absolute Gasteiger partial charge is 0.279 e. The lowest BCUT2D eigenvalue weighted by Crippen LogP contribution is -2.32. The van der Waals surface area contributed by atoms with Crippen molar-refractivity contribution in [3.8, 4) is 0 Å². The molecule has 1 unspecified atom stereocenters. The first-order valence-corrected chi connectivity index (χ1v) is 9.12. The van der Waals surface area contributed by atoms with Crippen LogP contribution in [0.25, 0.3) is 0 Å². The predicted octanol–water partition coefficient (Wildman–Crippen LogP) is 3.01. The van der Waals surface area contributed by atoms with Gasteiger partial charge in [0.2, 0.25) is 0 Å². The highest BCUT2D eigenvalue weighted by Crippen LogP contribution is 2.19. The second-order valence-corrected chi connectivity index (χ2v) is 8.15. The molecule has 5 nitrogen and oxygen atoms in total. The van der Waals surface area contributed by atoms with Gasteiger partial charge in [-0.05, 0) is 48.2 Å². The lowest BCUT2D eigenvalue weighted by molar-refractivity contribution is 0.258. The van der Waals surface area contributed by atoms with E-state index >= 15 is 0 Å². The molecule has 0 aromatic rings. The van der Waals surface area contributed by atoms with Crippen molar-refractivity contribution in [2.45, 2.75) is 51.4 Å². The van der Waals surface area contributed by atoms with E-state index in [2.05, 4.69) is 15.5 Å². The summed E-state index contributed by atoms with van der Waals surface area (Å²) in [4.78, 5) is 25.5. The van der Waals surface area contributed by atoms with E-state index in [-0.39, 0.29) is 27.8 Å². The van der Waals surface area contributed by atoms with Gasteiger partial charge >= 0.3 is 0 Å². The van der Waals surface area contributed by atoms with Gasteiger partial charge in [0.25, 0.3) is 10.5 Å². The van der Waals surface area contributed by atoms with Crippen molar-refractivity contribution in [3.63, 3.8) is 0 Å². The van der Waals surface area contributed by atoms with E-state index in [0.29, 0.717) is 0 Å². The minimum atomic E-state index is 0.00485. The molecule has 124 valence electrons. The van der Waals surface area contributed by atoms with Crippen LogP contribution < -0.4 is 10.6 Å². The Hall–Kier alpha value is -0.400. The van der Waals surface area contributed by atoms with Gasteiger partial charge in [-0.25, -0.2) is 0 Å². The minimum Gasteiger partial charge on any atom is -0.345 e. The number of amides is 2. The van der Waals surface area contributed by atoms with E-state index in [4.69, 9.17) is 0 Å². The molecule has 0 aliphatic carbocycles. The summed E-state index contributed by atoms with van der Waals surface area (Å²) in [5.41, 5.74) is 0. The van der Waals surface area contributed by atoms with Gasteiger partial charge in [-0.1, -0.05) is 23.5 Å². The average molecular weight is 336 g/mol. The van der Waals surface area contributed by atoms with E-state index in [9.17, 15) is 9.59 Å². The number of carbonyl (C=O) groups is 2. The van der Waals surface area contributed by atoms with Crippen LogP contribution in [0.5, 0.6) is 0 Å². The molecule has 0 aliphatic rings. The Morgan fingerprint density at radius 1 is 1.00 bits per heavy atom. The van der Waals surface area contributed by atoms with Gasteiger partial charge in [0.15, 0.2) is 0 Å². The van der Waals surface area contributed by atoms with Gasteiger partial charge in [0.05, 0.1) is 0 Å². The lowest BCUT2D eigenvalue weighted by atomic mass is 10.3. The molecule has 0 aromatic heterocycles. The zero-order chi connectivity index (χ0) is 16.4. The summed E-state index contributed by atoms with van der Waals surface area (Å²) in [6, 6.07) is 0.310. The van der Waals surface area contributed by atoms with Gasteiger partial charge in [-0.3, -0.25) is 9.59 Å². The fraction of sp³-hybridized carbons (Fsp3) is 0.857. The maximum Gasteiger partial charge on any atom is 0.279 e. The molecule has 1 atom stereocenters. The van der Waals surface area contributed by atoms with Gasteiger partial charge in [-0.15, -0.1) is 0 Å². The molecule has 0 bridgehead atoms. The van der Waals surface area contributed by atoms with E-state index < -0.39 is 0 Å². The Kier molecular flexibility index (Phi) is 11.0. The second kappa shape index (κ2) is 11.2. The van der Waals surface area contributed by atoms with Crippen LogP contribution in [0.3, 0.4) is 0 Å². The molecule has 0 aliphatic heterocycles. The topological polar surface area (TPSA) is 61.4 Å². The first-order valence-electron chi connectivity index (χ1n) is 7.25. The Morgan fingerprint density at radius 3 is 2.00 bits per heavy atom. The summed E-state index contributed by atoms with van der Waals surface area (Å²) in [7, 11) is 3.99. The molecule has 0 saturated carbocycles. The molecule has 0 saturated heterocycles. The number of hydrogen-bond donors (Lipinski definition) is 2. The van der Waals surface area contributed by atoms with Gasteiger partial charge in [-0.2, -0.15) is 0 Å². The molecule has 0 heterocycles. The SMILES string of the molecule is CC(C)NC(=O)SCCC(CN(C)C)SC(=O)NC(C)C. The molecule has 0 aromatic carbocycles. The second-order valence-electron chi connectivity index (χ2n) is 5.81. The third kappa shape index (κ3) is 13.0. The fourth-order valence-corrected chi connectivity index (χ4v) is 3.85. The lowest BCUT2D eigenvalue weighted by Gasteiger charge is -2.20. The van der Waals surface area contributed by atoms with Crippen molar-refractivity contribution >= 4 is 34.0 Å². The molecule has 0 spiro atoms. The molecule has 2 N–H and O–H groups in total. The van der Waals surface area contributed by atoms with Crippen LogP contribution >= 0.6 is 23.5 Å². The van der Waals surface area contributed by atoms with Crippen molar-refractivity contribution in [2.75, 3.05) is 26.4 Å². The number of hydrogen-bond acceptors (Lipinski definition) is 5.